The minimum absolute atomic E-state index is 0.0318. The summed E-state index contributed by atoms with van der Waals surface area (Å²) in [6.45, 7) is 15.2. The molecule has 34 atom stereocenters. The Bertz CT molecular complexity index is 2600. The summed E-state index contributed by atoms with van der Waals surface area (Å²) in [6.07, 6.45) is -41.8. The van der Waals surface area contributed by atoms with E-state index in [1.54, 1.807) is 0 Å². The Hall–Kier alpha value is -2.17. The van der Waals surface area contributed by atoms with Crippen LogP contribution in [0.5, 0.6) is 0 Å². The van der Waals surface area contributed by atoms with E-state index >= 15 is 0 Å². The molecule has 0 radical (unpaired) electrons. The van der Waals surface area contributed by atoms with E-state index in [1.807, 2.05) is 0 Å². The van der Waals surface area contributed by atoms with Crippen LogP contribution in [0.2, 0.25) is 0 Å². The van der Waals surface area contributed by atoms with Crippen molar-refractivity contribution in [1.29, 1.82) is 0 Å². The van der Waals surface area contributed by atoms with Gasteiger partial charge in [0, 0.05) is 0 Å². The Balaban J connectivity index is 0.835. The van der Waals surface area contributed by atoms with Gasteiger partial charge in [-0.15, -0.1) is 0 Å². The summed E-state index contributed by atoms with van der Waals surface area (Å²) in [6, 6.07) is 0. The smallest absolute Gasteiger partial charge is 0.314 e. The van der Waals surface area contributed by atoms with E-state index in [4.69, 9.17) is 56.8 Å². The second-order valence-corrected chi connectivity index (χ2v) is 29.4. The van der Waals surface area contributed by atoms with Crippen molar-refractivity contribution >= 4 is 5.97 Å². The molecule has 17 N–H and O–H groups in total. The number of allylic oxidation sites excluding steroid dienone is 2. The molecule has 94 heavy (non-hydrogen) atoms. The molecule has 6 heterocycles. The van der Waals surface area contributed by atoms with Crippen LogP contribution in [0.3, 0.4) is 0 Å². The summed E-state index contributed by atoms with van der Waals surface area (Å²) in [4.78, 5) is 14.1. The van der Waals surface area contributed by atoms with Gasteiger partial charge in [-0.05, 0) is 104 Å². The fraction of sp³-hybridized carbons (Fsp3) is 0.922. The lowest BCUT2D eigenvalue weighted by Crippen LogP contribution is -2.67. The van der Waals surface area contributed by atoms with Crippen LogP contribution in [0.25, 0.3) is 0 Å². The van der Waals surface area contributed by atoms with Crippen molar-refractivity contribution in [3.05, 3.63) is 23.3 Å². The van der Waals surface area contributed by atoms with E-state index in [-0.39, 0.29) is 11.8 Å². The highest BCUT2D eigenvalue weighted by Crippen LogP contribution is 2.73. The molecule has 8 fully saturated rings. The van der Waals surface area contributed by atoms with Gasteiger partial charge in [0.1, 0.15) is 128 Å². The summed E-state index contributed by atoms with van der Waals surface area (Å²) in [5.74, 6) is 0.103. The first kappa shape index (κ1) is 74.5. The predicted octanol–water partition coefficient (Wildman–Crippen LogP) is -3.35. The molecule has 30 heteroatoms. The number of aliphatic carboxylic acids is 1. The molecule has 10 aliphatic rings. The SMILES string of the molecule is C=C(CC[C@@H](C)[C@H]1CC[C@@]2(C(=O)O)C3=C(CC[C@]12C)[C@@]1(C)CC[C@H](O[C@@H]2OC[C@H](O)[C@H](O[C@@H]4OC[C@H](O[C@H]5O[C@H](CO)[C@H](O[C@@H]6O[C@H](CO)[C@@H](O)[C@H](O)[C@H]6O[C@@H]6OC[C@@H](O)[C@H](O)[C@H]6O)[C@H](O)[C@H]5O)[C@H](O)[C@H]4O)[C@H]2O[C@@H]2O[C@H](CO)[C@@H](O)[C@H](O)[C@H]2O)C(C)(C)[C@H]1CC3)C(C)C. The molecule has 0 aromatic heterocycles. The molecular formula is C64H104O30. The Labute approximate surface area is 545 Å². The molecule has 30 nitrogen and oxygen atoms in total. The van der Waals surface area contributed by atoms with Crippen molar-refractivity contribution < 1.29 is 148 Å². The van der Waals surface area contributed by atoms with Crippen LogP contribution < -0.4 is 0 Å². The van der Waals surface area contributed by atoms with Crippen LogP contribution in [0, 0.1) is 45.3 Å². The van der Waals surface area contributed by atoms with Gasteiger partial charge in [0.15, 0.2) is 37.7 Å². The van der Waals surface area contributed by atoms with Gasteiger partial charge in [-0.2, -0.15) is 0 Å². The molecule has 4 aliphatic carbocycles. The summed E-state index contributed by atoms with van der Waals surface area (Å²) >= 11 is 0. The van der Waals surface area contributed by atoms with Gasteiger partial charge in [-0.25, -0.2) is 0 Å². The van der Waals surface area contributed by atoms with Crippen molar-refractivity contribution in [3.8, 4) is 0 Å². The fourth-order valence-corrected chi connectivity index (χ4v) is 17.7. The highest BCUT2D eigenvalue weighted by Gasteiger charge is 2.69. The maximum atomic E-state index is 14.1. The van der Waals surface area contributed by atoms with Crippen molar-refractivity contribution in [2.75, 3.05) is 39.6 Å². The van der Waals surface area contributed by atoms with E-state index in [0.717, 1.165) is 37.7 Å². The number of rotatable bonds is 21. The molecule has 540 valence electrons. The molecule has 0 amide bonds. The normalized spacial score (nSPS) is 50.2. The van der Waals surface area contributed by atoms with Crippen molar-refractivity contribution in [2.45, 2.75) is 285 Å². The van der Waals surface area contributed by atoms with Gasteiger partial charge in [0.05, 0.1) is 51.2 Å². The third kappa shape index (κ3) is 13.4. The third-order valence-corrected chi connectivity index (χ3v) is 23.5. The van der Waals surface area contributed by atoms with E-state index in [2.05, 4.69) is 55.0 Å². The molecule has 0 bridgehead atoms. The van der Waals surface area contributed by atoms with Gasteiger partial charge >= 0.3 is 5.97 Å². The second-order valence-electron chi connectivity index (χ2n) is 29.4. The quantitative estimate of drug-likeness (QED) is 0.0499. The van der Waals surface area contributed by atoms with E-state index < -0.39 is 239 Å². The fourth-order valence-electron chi connectivity index (χ4n) is 17.7. The maximum Gasteiger partial charge on any atom is 0.314 e. The largest absolute Gasteiger partial charge is 0.481 e. The molecule has 0 spiro atoms. The summed E-state index contributed by atoms with van der Waals surface area (Å²) in [5, 5.41) is 186. The highest BCUT2D eigenvalue weighted by atomic mass is 16.8. The predicted molar refractivity (Wildman–Crippen MR) is 317 cm³/mol. The van der Waals surface area contributed by atoms with Crippen LogP contribution in [0.15, 0.2) is 23.3 Å². The van der Waals surface area contributed by atoms with Gasteiger partial charge in [0.25, 0.3) is 0 Å². The van der Waals surface area contributed by atoms with Crippen molar-refractivity contribution in [3.63, 3.8) is 0 Å². The first-order chi connectivity index (χ1) is 44.3. The number of carboxylic acids is 1. The van der Waals surface area contributed by atoms with Gasteiger partial charge < -0.3 is 144 Å². The lowest BCUT2D eigenvalue weighted by molar-refractivity contribution is -0.395. The summed E-state index contributed by atoms with van der Waals surface area (Å²) in [5.41, 5.74) is 0.962. The van der Waals surface area contributed by atoms with Gasteiger partial charge in [0.2, 0.25) is 0 Å². The van der Waals surface area contributed by atoms with E-state index in [1.165, 1.54) is 11.1 Å². The molecule has 2 saturated carbocycles. The average Bonchev–Trinajstić information content (AvgIpc) is 1.34. The number of aliphatic hydroxyl groups is 16. The van der Waals surface area contributed by atoms with Crippen molar-refractivity contribution in [2.24, 2.45) is 45.3 Å². The standard InChI is InChI=1S/C64H104O30/c1-25(2)26(3)9-10-27(4)28-14-18-64(60(81)82)30-11-12-37-61(5,6)38(15-16-62(37,7)29(30)13-17-63(28,64)8)90-58-53(94-57-48(79)43(74)40(71)33(19-65)86-57)50(32(69)23-84-58)91-55-47(78)42(73)36(24-85-55)89-56-49(80)45(76)51(35(21-67)88-56)92-59-52(44(75)41(72)34(20-66)87-59)93-54-46(77)39(70)31(68)22-83-54/h25,27-28,31-59,65-80H,3,9-24H2,1-2,4-8H3,(H,81,82)/t27-,28-,31-,32+,33-,34-,35-,36+,37-,38+,39+,40-,41-,42+,43+,44+,45-,46-,47-,48-,49-,50+,51+,52-,53-,54+,55+,56-,57+,58+,59+,62-,63-,64+/m1/s1. The summed E-state index contributed by atoms with van der Waals surface area (Å²) in [7, 11) is 0. The zero-order valence-electron chi connectivity index (χ0n) is 54.4. The molecule has 10 rings (SSSR count). The Morgan fingerprint density at radius 3 is 1.69 bits per heavy atom. The lowest BCUT2D eigenvalue weighted by Gasteiger charge is -2.62. The first-order valence-corrected chi connectivity index (χ1v) is 33.4. The van der Waals surface area contributed by atoms with Gasteiger partial charge in [-0.3, -0.25) is 4.79 Å². The molecule has 6 aliphatic heterocycles. The third-order valence-electron chi connectivity index (χ3n) is 23.5. The van der Waals surface area contributed by atoms with Gasteiger partial charge in [-0.1, -0.05) is 71.8 Å². The van der Waals surface area contributed by atoms with Crippen LogP contribution in [-0.4, -0.2) is 304 Å². The molecular weight excluding hydrogens is 1250 g/mol. The van der Waals surface area contributed by atoms with E-state index in [9.17, 15) is 91.6 Å². The minimum atomic E-state index is -2.10. The molecule has 0 unspecified atom stereocenters. The number of aliphatic hydroxyl groups excluding tert-OH is 16. The minimum Gasteiger partial charge on any atom is -0.481 e. The number of fused-ring (bicyclic) bond motifs is 4. The van der Waals surface area contributed by atoms with Crippen LogP contribution >= 0.6 is 0 Å². The highest BCUT2D eigenvalue weighted by molar-refractivity contribution is 5.82. The molecule has 0 aromatic carbocycles. The van der Waals surface area contributed by atoms with Crippen LogP contribution in [0.4, 0.5) is 0 Å². The Kier molecular flexibility index (Phi) is 23.3. The number of carboxylic acid groups (broad SMARTS) is 1. The number of ether oxygens (including phenoxy) is 12. The van der Waals surface area contributed by atoms with Crippen LogP contribution in [0.1, 0.15) is 113 Å². The maximum absolute atomic E-state index is 14.1. The zero-order valence-corrected chi connectivity index (χ0v) is 54.4. The number of carbonyl (C=O) groups is 1. The lowest BCUT2D eigenvalue weighted by atomic mass is 9.43. The zero-order chi connectivity index (χ0) is 68.6. The van der Waals surface area contributed by atoms with Crippen LogP contribution in [-0.2, 0) is 61.6 Å². The topological polar surface area (TPSA) is 472 Å². The molecule has 6 saturated heterocycles. The monoisotopic (exact) mass is 1350 g/mol. The summed E-state index contributed by atoms with van der Waals surface area (Å²) < 4.78 is 71.9. The average molecular weight is 1350 g/mol. The Morgan fingerprint density at radius 1 is 0.511 bits per heavy atom. The molecule has 0 aromatic rings. The Morgan fingerprint density at radius 2 is 1.04 bits per heavy atom. The van der Waals surface area contributed by atoms with E-state index in [0.29, 0.717) is 43.9 Å². The second kappa shape index (κ2) is 29.4. The number of hydrogen-bond acceptors (Lipinski definition) is 29. The first-order valence-electron chi connectivity index (χ1n) is 33.4. The van der Waals surface area contributed by atoms with Crippen molar-refractivity contribution in [1.82, 2.24) is 0 Å². The number of hydrogen-bond donors (Lipinski definition) is 17.